The van der Waals surface area contributed by atoms with E-state index < -0.39 is 0 Å². The molecule has 0 aliphatic heterocycles. The summed E-state index contributed by atoms with van der Waals surface area (Å²) < 4.78 is 2.40. The molecule has 1 aromatic heterocycles. The summed E-state index contributed by atoms with van der Waals surface area (Å²) in [5, 5.41) is 3.58. The van der Waals surface area contributed by atoms with Gasteiger partial charge in [-0.1, -0.05) is 26.2 Å². The molecule has 18 heavy (non-hydrogen) atoms. The van der Waals surface area contributed by atoms with Crippen LogP contribution in [0.25, 0.3) is 0 Å². The van der Waals surface area contributed by atoms with E-state index in [0.717, 1.165) is 30.0 Å². The van der Waals surface area contributed by atoms with Crippen LogP contribution in [-0.2, 0) is 0 Å². The Bertz CT molecular complexity index is 404. The monoisotopic (exact) mass is 247 g/mol. The molecule has 1 aromatic rings. The van der Waals surface area contributed by atoms with Gasteiger partial charge in [-0.25, -0.2) is 4.98 Å². The number of aryl methyl sites for hydroxylation is 1. The average molecular weight is 247 g/mol. The molecule has 0 radical (unpaired) electrons. The van der Waals surface area contributed by atoms with Crippen LogP contribution in [0.2, 0.25) is 0 Å². The quantitative estimate of drug-likeness (QED) is 0.878. The smallest absolute Gasteiger partial charge is 0.203 e. The second-order valence-electron chi connectivity index (χ2n) is 6.26. The fraction of sp³-hybridized carbons (Fsp3) is 0.800. The summed E-state index contributed by atoms with van der Waals surface area (Å²) >= 11 is 0. The van der Waals surface area contributed by atoms with Gasteiger partial charge in [-0.15, -0.1) is 0 Å². The van der Waals surface area contributed by atoms with Gasteiger partial charge in [0, 0.05) is 18.8 Å². The Kier molecular flexibility index (Phi) is 3.31. The summed E-state index contributed by atoms with van der Waals surface area (Å²) in [6.45, 7) is 5.54. The molecule has 0 aromatic carbocycles. The van der Waals surface area contributed by atoms with Crippen LogP contribution in [0.5, 0.6) is 0 Å². The number of nitrogens with zero attached hydrogens (tertiary/aromatic N) is 2. The first-order valence-electron chi connectivity index (χ1n) is 7.53. The topological polar surface area (TPSA) is 29.9 Å². The van der Waals surface area contributed by atoms with Gasteiger partial charge in [-0.05, 0) is 38.0 Å². The highest BCUT2D eigenvalue weighted by atomic mass is 15.2. The zero-order chi connectivity index (χ0) is 12.5. The van der Waals surface area contributed by atoms with Crippen molar-refractivity contribution in [1.82, 2.24) is 9.55 Å². The summed E-state index contributed by atoms with van der Waals surface area (Å²) in [7, 11) is 0. The Hall–Kier alpha value is -0.990. The number of rotatable bonds is 4. The first-order chi connectivity index (χ1) is 8.74. The standard InChI is InChI=1S/C15H25N3/c1-11-8-13(11)9-16-15-17-12(2)10-18(15)14-6-4-3-5-7-14/h10-11,13-14H,3-9H2,1-2H3,(H,16,17). The van der Waals surface area contributed by atoms with Crippen LogP contribution in [0.3, 0.4) is 0 Å². The molecule has 2 aliphatic rings. The van der Waals surface area contributed by atoms with Gasteiger partial charge in [0.2, 0.25) is 5.95 Å². The van der Waals surface area contributed by atoms with Crippen molar-refractivity contribution in [3.05, 3.63) is 11.9 Å². The van der Waals surface area contributed by atoms with Crippen molar-refractivity contribution in [2.75, 3.05) is 11.9 Å². The summed E-state index contributed by atoms with van der Waals surface area (Å²) in [4.78, 5) is 4.66. The minimum Gasteiger partial charge on any atom is -0.355 e. The van der Waals surface area contributed by atoms with E-state index in [1.54, 1.807) is 0 Å². The Morgan fingerprint density at radius 3 is 2.72 bits per heavy atom. The summed E-state index contributed by atoms with van der Waals surface area (Å²) in [5.74, 6) is 2.90. The fourth-order valence-corrected chi connectivity index (χ4v) is 3.19. The molecule has 0 amide bonds. The molecule has 1 N–H and O–H groups in total. The van der Waals surface area contributed by atoms with Gasteiger partial charge >= 0.3 is 0 Å². The first kappa shape index (κ1) is 12.1. The van der Waals surface area contributed by atoms with Crippen molar-refractivity contribution in [2.24, 2.45) is 11.8 Å². The Labute approximate surface area is 110 Å². The van der Waals surface area contributed by atoms with Crippen LogP contribution < -0.4 is 5.32 Å². The largest absolute Gasteiger partial charge is 0.355 e. The van der Waals surface area contributed by atoms with Crippen LogP contribution in [0.1, 0.15) is 57.2 Å². The van der Waals surface area contributed by atoms with Gasteiger partial charge in [0.05, 0.1) is 5.69 Å². The van der Waals surface area contributed by atoms with E-state index in [1.165, 1.54) is 38.5 Å². The zero-order valence-electron chi connectivity index (χ0n) is 11.7. The van der Waals surface area contributed by atoms with E-state index >= 15 is 0 Å². The van der Waals surface area contributed by atoms with Crippen molar-refractivity contribution >= 4 is 5.95 Å². The molecule has 0 spiro atoms. The average Bonchev–Trinajstić information content (AvgIpc) is 2.95. The fourth-order valence-electron chi connectivity index (χ4n) is 3.19. The van der Waals surface area contributed by atoms with E-state index in [0.29, 0.717) is 6.04 Å². The molecular weight excluding hydrogens is 222 g/mol. The molecule has 2 unspecified atom stereocenters. The lowest BCUT2D eigenvalue weighted by molar-refractivity contribution is 0.355. The van der Waals surface area contributed by atoms with Gasteiger partial charge in [0.15, 0.2) is 0 Å². The van der Waals surface area contributed by atoms with Crippen molar-refractivity contribution in [2.45, 2.75) is 58.4 Å². The van der Waals surface area contributed by atoms with Crippen LogP contribution in [0.15, 0.2) is 6.20 Å². The number of aromatic nitrogens is 2. The molecule has 2 aliphatic carbocycles. The first-order valence-corrected chi connectivity index (χ1v) is 7.53. The lowest BCUT2D eigenvalue weighted by Crippen LogP contribution is -2.16. The molecule has 2 fully saturated rings. The molecule has 2 atom stereocenters. The molecule has 2 saturated carbocycles. The molecular formula is C15H25N3. The lowest BCUT2D eigenvalue weighted by Gasteiger charge is -2.24. The number of imidazole rings is 1. The van der Waals surface area contributed by atoms with Crippen LogP contribution >= 0.6 is 0 Å². The number of hydrogen-bond donors (Lipinski definition) is 1. The van der Waals surface area contributed by atoms with Gasteiger partial charge in [-0.3, -0.25) is 0 Å². The van der Waals surface area contributed by atoms with Gasteiger partial charge < -0.3 is 9.88 Å². The molecule has 0 bridgehead atoms. The molecule has 3 heteroatoms. The van der Waals surface area contributed by atoms with Crippen molar-refractivity contribution in [3.8, 4) is 0 Å². The van der Waals surface area contributed by atoms with Crippen molar-refractivity contribution in [1.29, 1.82) is 0 Å². The SMILES string of the molecule is Cc1cn(C2CCCCC2)c(NCC2CC2C)n1. The van der Waals surface area contributed by atoms with Gasteiger partial charge in [0.1, 0.15) is 0 Å². The highest BCUT2D eigenvalue weighted by Crippen LogP contribution is 2.38. The molecule has 3 nitrogen and oxygen atoms in total. The predicted octanol–water partition coefficient (Wildman–Crippen LogP) is 3.76. The Morgan fingerprint density at radius 2 is 2.06 bits per heavy atom. The van der Waals surface area contributed by atoms with Crippen molar-refractivity contribution in [3.63, 3.8) is 0 Å². The molecule has 3 rings (SSSR count). The normalized spacial score (nSPS) is 28.3. The highest BCUT2D eigenvalue weighted by Gasteiger charge is 2.32. The second-order valence-corrected chi connectivity index (χ2v) is 6.26. The molecule has 1 heterocycles. The maximum atomic E-state index is 4.66. The van der Waals surface area contributed by atoms with Gasteiger partial charge in [0.25, 0.3) is 0 Å². The van der Waals surface area contributed by atoms with E-state index in [2.05, 4.69) is 34.9 Å². The number of nitrogens with one attached hydrogen (secondary N) is 1. The van der Waals surface area contributed by atoms with E-state index in [9.17, 15) is 0 Å². The Balaban J connectivity index is 1.67. The van der Waals surface area contributed by atoms with E-state index in [4.69, 9.17) is 0 Å². The third-order valence-corrected chi connectivity index (χ3v) is 4.62. The van der Waals surface area contributed by atoms with Gasteiger partial charge in [-0.2, -0.15) is 0 Å². The lowest BCUT2D eigenvalue weighted by atomic mass is 9.95. The van der Waals surface area contributed by atoms with E-state index in [-0.39, 0.29) is 0 Å². The third-order valence-electron chi connectivity index (χ3n) is 4.62. The van der Waals surface area contributed by atoms with E-state index in [1.807, 2.05) is 0 Å². The second kappa shape index (κ2) is 4.94. The number of hydrogen-bond acceptors (Lipinski definition) is 2. The zero-order valence-corrected chi connectivity index (χ0v) is 11.7. The Morgan fingerprint density at radius 1 is 1.33 bits per heavy atom. The summed E-state index contributed by atoms with van der Waals surface area (Å²) in [5.41, 5.74) is 1.15. The molecule has 100 valence electrons. The van der Waals surface area contributed by atoms with Crippen LogP contribution in [-0.4, -0.2) is 16.1 Å². The minimum atomic E-state index is 0.680. The summed E-state index contributed by atoms with van der Waals surface area (Å²) in [6, 6.07) is 0.680. The highest BCUT2D eigenvalue weighted by molar-refractivity contribution is 5.30. The summed E-state index contributed by atoms with van der Waals surface area (Å²) in [6.07, 6.45) is 10.4. The molecule has 0 saturated heterocycles. The van der Waals surface area contributed by atoms with Crippen LogP contribution in [0.4, 0.5) is 5.95 Å². The maximum Gasteiger partial charge on any atom is 0.203 e. The van der Waals surface area contributed by atoms with Crippen molar-refractivity contribution < 1.29 is 0 Å². The maximum absolute atomic E-state index is 4.66. The third kappa shape index (κ3) is 2.55. The predicted molar refractivity (Wildman–Crippen MR) is 74.8 cm³/mol. The van der Waals surface area contributed by atoms with Crippen LogP contribution in [0, 0.1) is 18.8 Å². The number of anilines is 1. The minimum absolute atomic E-state index is 0.680.